The normalized spacial score (nSPS) is 18.9. The van der Waals surface area contributed by atoms with Gasteiger partial charge in [-0.3, -0.25) is 0 Å². The Hall–Kier alpha value is -1.18. The molecule has 1 aliphatic rings. The van der Waals surface area contributed by atoms with Crippen LogP contribution in [0.25, 0.3) is 10.2 Å². The summed E-state index contributed by atoms with van der Waals surface area (Å²) in [5, 5.41) is 1.44. The average Bonchev–Trinajstić information content (AvgIpc) is 3.20. The van der Waals surface area contributed by atoms with Gasteiger partial charge in [-0.25, -0.2) is 13.4 Å². The second kappa shape index (κ2) is 6.52. The van der Waals surface area contributed by atoms with Crippen LogP contribution < -0.4 is 0 Å². The van der Waals surface area contributed by atoms with Gasteiger partial charge in [0.1, 0.15) is 5.01 Å². The second-order valence-corrected chi connectivity index (χ2v) is 9.72. The fourth-order valence-electron chi connectivity index (χ4n) is 3.12. The van der Waals surface area contributed by atoms with E-state index in [9.17, 15) is 8.42 Å². The zero-order valence-corrected chi connectivity index (χ0v) is 16.2. The predicted octanol–water partition coefficient (Wildman–Crippen LogP) is 5.13. The van der Waals surface area contributed by atoms with Crippen molar-refractivity contribution in [2.75, 3.05) is 6.54 Å². The van der Waals surface area contributed by atoms with Gasteiger partial charge in [0.2, 0.25) is 10.0 Å². The lowest BCUT2D eigenvalue weighted by molar-refractivity contribution is 0.396. The molecule has 0 radical (unpaired) electrons. The van der Waals surface area contributed by atoms with Crippen LogP contribution >= 0.6 is 34.5 Å². The van der Waals surface area contributed by atoms with Gasteiger partial charge in [-0.05, 0) is 43.2 Å². The SMILES string of the molecule is O=S(=O)(c1cc(Cl)cc(Cl)c1)N1CCC[C@H]1c1nc2ccccc2s1. The van der Waals surface area contributed by atoms with Crippen molar-refractivity contribution in [3.63, 3.8) is 0 Å². The molecule has 1 saturated heterocycles. The Morgan fingerprint density at radius 2 is 1.84 bits per heavy atom. The van der Waals surface area contributed by atoms with Gasteiger partial charge in [0, 0.05) is 16.6 Å². The lowest BCUT2D eigenvalue weighted by Crippen LogP contribution is -2.30. The van der Waals surface area contributed by atoms with Crippen molar-refractivity contribution in [3.8, 4) is 0 Å². The largest absolute Gasteiger partial charge is 0.243 e. The third-order valence-electron chi connectivity index (χ3n) is 4.24. The van der Waals surface area contributed by atoms with Crippen LogP contribution in [0.3, 0.4) is 0 Å². The number of hydrogen-bond donors (Lipinski definition) is 0. The average molecular weight is 413 g/mol. The van der Waals surface area contributed by atoms with Gasteiger partial charge in [0.05, 0.1) is 21.2 Å². The maximum Gasteiger partial charge on any atom is 0.243 e. The molecule has 2 heterocycles. The van der Waals surface area contributed by atoms with E-state index in [0.29, 0.717) is 16.6 Å². The van der Waals surface area contributed by atoms with E-state index in [0.717, 1.165) is 28.1 Å². The Balaban J connectivity index is 1.75. The van der Waals surface area contributed by atoms with Crippen molar-refractivity contribution >= 4 is 54.8 Å². The molecular weight excluding hydrogens is 399 g/mol. The number of aromatic nitrogens is 1. The molecule has 0 aliphatic carbocycles. The Bertz CT molecular complexity index is 996. The third-order valence-corrected chi connectivity index (χ3v) is 7.70. The van der Waals surface area contributed by atoms with Crippen LogP contribution in [0.1, 0.15) is 23.9 Å². The molecule has 1 aromatic heterocycles. The van der Waals surface area contributed by atoms with Crippen molar-refractivity contribution < 1.29 is 8.42 Å². The van der Waals surface area contributed by atoms with Crippen LogP contribution in [0.4, 0.5) is 0 Å². The smallest absolute Gasteiger partial charge is 0.239 e. The molecule has 0 unspecified atom stereocenters. The quantitative estimate of drug-likeness (QED) is 0.598. The summed E-state index contributed by atoms with van der Waals surface area (Å²) in [4.78, 5) is 4.77. The van der Waals surface area contributed by atoms with Crippen LogP contribution in [0, 0.1) is 0 Å². The van der Waals surface area contributed by atoms with E-state index in [1.807, 2.05) is 24.3 Å². The number of sulfonamides is 1. The monoisotopic (exact) mass is 412 g/mol. The summed E-state index contributed by atoms with van der Waals surface area (Å²) in [6, 6.07) is 12.0. The Kier molecular flexibility index (Phi) is 4.50. The molecule has 130 valence electrons. The molecule has 1 fully saturated rings. The van der Waals surface area contributed by atoms with Crippen molar-refractivity contribution in [2.45, 2.75) is 23.8 Å². The molecule has 8 heteroatoms. The minimum absolute atomic E-state index is 0.123. The highest BCUT2D eigenvalue weighted by atomic mass is 35.5. The molecule has 0 bridgehead atoms. The summed E-state index contributed by atoms with van der Waals surface area (Å²) in [6.45, 7) is 0.465. The standard InChI is InChI=1S/C17H14Cl2N2O2S2/c18-11-8-12(19)10-13(9-11)25(22,23)21-7-3-5-15(21)17-20-14-4-1-2-6-16(14)24-17/h1-2,4,6,8-10,15H,3,5,7H2/t15-/m0/s1. The number of para-hydroxylation sites is 1. The van der Waals surface area contributed by atoms with Crippen LogP contribution in [-0.2, 0) is 10.0 Å². The van der Waals surface area contributed by atoms with E-state index < -0.39 is 10.0 Å². The Morgan fingerprint density at radius 3 is 2.56 bits per heavy atom. The van der Waals surface area contributed by atoms with Crippen molar-refractivity contribution in [3.05, 3.63) is 57.5 Å². The summed E-state index contributed by atoms with van der Waals surface area (Å²) < 4.78 is 28.8. The van der Waals surface area contributed by atoms with E-state index in [1.54, 1.807) is 11.3 Å². The fourth-order valence-corrected chi connectivity index (χ4v) is 6.69. The van der Waals surface area contributed by atoms with Gasteiger partial charge in [-0.2, -0.15) is 4.31 Å². The first-order valence-electron chi connectivity index (χ1n) is 7.78. The molecule has 1 aliphatic heterocycles. The molecule has 2 aromatic carbocycles. The minimum Gasteiger partial charge on any atom is -0.239 e. The lowest BCUT2D eigenvalue weighted by atomic mass is 10.2. The molecule has 4 nitrogen and oxygen atoms in total. The number of rotatable bonds is 3. The van der Waals surface area contributed by atoms with Gasteiger partial charge in [0.25, 0.3) is 0 Å². The molecular formula is C17H14Cl2N2O2S2. The highest BCUT2D eigenvalue weighted by Crippen LogP contribution is 2.40. The third kappa shape index (κ3) is 3.17. The maximum atomic E-state index is 13.1. The number of hydrogen-bond acceptors (Lipinski definition) is 4. The zero-order valence-electron chi connectivity index (χ0n) is 13.0. The Morgan fingerprint density at radius 1 is 1.12 bits per heavy atom. The summed E-state index contributed by atoms with van der Waals surface area (Å²) in [5.41, 5.74) is 0.901. The van der Waals surface area contributed by atoms with Gasteiger partial charge in [-0.15, -0.1) is 11.3 Å². The molecule has 0 saturated carbocycles. The number of nitrogens with zero attached hydrogens (tertiary/aromatic N) is 2. The molecule has 0 N–H and O–H groups in total. The van der Waals surface area contributed by atoms with E-state index in [-0.39, 0.29) is 10.9 Å². The Labute approximate surface area is 160 Å². The number of fused-ring (bicyclic) bond motifs is 1. The molecule has 0 spiro atoms. The zero-order chi connectivity index (χ0) is 17.6. The highest BCUT2D eigenvalue weighted by molar-refractivity contribution is 7.89. The summed E-state index contributed by atoms with van der Waals surface area (Å²) in [5.74, 6) is 0. The van der Waals surface area contributed by atoms with E-state index >= 15 is 0 Å². The fraction of sp³-hybridized carbons (Fsp3) is 0.235. The van der Waals surface area contributed by atoms with Gasteiger partial charge in [0.15, 0.2) is 0 Å². The van der Waals surface area contributed by atoms with Crippen LogP contribution in [0.2, 0.25) is 10.0 Å². The molecule has 1 atom stereocenters. The van der Waals surface area contributed by atoms with E-state index in [2.05, 4.69) is 4.98 Å². The van der Waals surface area contributed by atoms with Crippen molar-refractivity contribution in [1.82, 2.24) is 9.29 Å². The van der Waals surface area contributed by atoms with Crippen LogP contribution in [-0.4, -0.2) is 24.3 Å². The van der Waals surface area contributed by atoms with Crippen LogP contribution in [0.5, 0.6) is 0 Å². The van der Waals surface area contributed by atoms with Gasteiger partial charge < -0.3 is 0 Å². The summed E-state index contributed by atoms with van der Waals surface area (Å²) in [6.07, 6.45) is 1.56. The first-order chi connectivity index (χ1) is 11.9. The second-order valence-electron chi connectivity index (χ2n) is 5.90. The lowest BCUT2D eigenvalue weighted by Gasteiger charge is -2.22. The van der Waals surface area contributed by atoms with E-state index in [1.165, 1.54) is 22.5 Å². The number of halogens is 2. The minimum atomic E-state index is -3.69. The number of benzene rings is 2. The summed E-state index contributed by atoms with van der Waals surface area (Å²) >= 11 is 13.5. The van der Waals surface area contributed by atoms with Crippen molar-refractivity contribution in [2.24, 2.45) is 0 Å². The predicted molar refractivity (Wildman–Crippen MR) is 102 cm³/mol. The van der Waals surface area contributed by atoms with Crippen molar-refractivity contribution in [1.29, 1.82) is 0 Å². The maximum absolute atomic E-state index is 13.1. The first-order valence-corrected chi connectivity index (χ1v) is 10.8. The first kappa shape index (κ1) is 17.2. The topological polar surface area (TPSA) is 50.3 Å². The van der Waals surface area contributed by atoms with Gasteiger partial charge in [-0.1, -0.05) is 35.3 Å². The molecule has 0 amide bonds. The van der Waals surface area contributed by atoms with Crippen LogP contribution in [0.15, 0.2) is 47.4 Å². The summed E-state index contributed by atoms with van der Waals surface area (Å²) in [7, 11) is -3.69. The number of thiazole rings is 1. The molecule has 25 heavy (non-hydrogen) atoms. The molecule has 4 rings (SSSR count). The molecule has 3 aromatic rings. The van der Waals surface area contributed by atoms with E-state index in [4.69, 9.17) is 23.2 Å². The van der Waals surface area contributed by atoms with Gasteiger partial charge >= 0.3 is 0 Å². The highest BCUT2D eigenvalue weighted by Gasteiger charge is 2.38.